The average molecular weight is 326 g/mol. The van der Waals surface area contributed by atoms with Crippen molar-refractivity contribution in [3.63, 3.8) is 0 Å². The third-order valence-electron chi connectivity index (χ3n) is 3.17. The summed E-state index contributed by atoms with van der Waals surface area (Å²) < 4.78 is 19.1. The van der Waals surface area contributed by atoms with E-state index in [0.29, 0.717) is 16.6 Å². The molecule has 6 heteroatoms. The van der Waals surface area contributed by atoms with Gasteiger partial charge in [-0.15, -0.1) is 0 Å². The fourth-order valence-corrected chi connectivity index (χ4v) is 3.42. The first-order valence-corrected chi connectivity index (χ1v) is 8.45. The van der Waals surface area contributed by atoms with Crippen LogP contribution < -0.4 is 10.6 Å². The van der Waals surface area contributed by atoms with Crippen LogP contribution in [0, 0.1) is 5.82 Å². The molecule has 2 rings (SSSR count). The van der Waals surface area contributed by atoms with Crippen molar-refractivity contribution in [2.24, 2.45) is 0 Å². The van der Waals surface area contributed by atoms with Gasteiger partial charge in [0.1, 0.15) is 11.4 Å². The largest absolute Gasteiger partial charge is 0.444 e. The van der Waals surface area contributed by atoms with Gasteiger partial charge in [-0.25, -0.2) is 9.18 Å². The Labute approximate surface area is 135 Å². The van der Waals surface area contributed by atoms with Crippen molar-refractivity contribution in [1.29, 1.82) is 0 Å². The molecule has 1 amide bonds. The van der Waals surface area contributed by atoms with Gasteiger partial charge in [-0.2, -0.15) is 11.8 Å². The lowest BCUT2D eigenvalue weighted by Crippen LogP contribution is -2.27. The molecule has 1 aliphatic rings. The molecule has 0 spiro atoms. The number of nitrogens with one attached hydrogen (secondary N) is 2. The Morgan fingerprint density at radius 1 is 1.41 bits per heavy atom. The highest BCUT2D eigenvalue weighted by Gasteiger charge is 2.23. The lowest BCUT2D eigenvalue weighted by Gasteiger charge is -2.20. The maximum atomic E-state index is 13.9. The van der Waals surface area contributed by atoms with Crippen LogP contribution in [0.15, 0.2) is 18.2 Å². The van der Waals surface area contributed by atoms with Gasteiger partial charge in [0.25, 0.3) is 0 Å². The molecule has 0 bridgehead atoms. The summed E-state index contributed by atoms with van der Waals surface area (Å²) in [4.78, 5) is 11.8. The second kappa shape index (κ2) is 6.77. The summed E-state index contributed by atoms with van der Waals surface area (Å²) in [7, 11) is 0. The molecule has 0 saturated carbocycles. The normalized spacial score (nSPS) is 21.5. The molecule has 1 aromatic rings. The molecule has 1 aliphatic heterocycles. The number of anilines is 2. The zero-order valence-electron chi connectivity index (χ0n) is 13.4. The van der Waals surface area contributed by atoms with Crippen LogP contribution in [0.1, 0.15) is 34.1 Å². The van der Waals surface area contributed by atoms with Crippen LogP contribution in [0.5, 0.6) is 0 Å². The molecule has 0 radical (unpaired) electrons. The summed E-state index contributed by atoms with van der Waals surface area (Å²) in [6, 6.07) is 4.73. The van der Waals surface area contributed by atoms with Crippen LogP contribution in [-0.2, 0) is 4.74 Å². The van der Waals surface area contributed by atoms with E-state index in [-0.39, 0.29) is 11.9 Å². The summed E-state index contributed by atoms with van der Waals surface area (Å²) in [5.74, 6) is 0.643. The molecule has 2 N–H and O–H groups in total. The number of hydrogen-bond acceptors (Lipinski definition) is 4. The summed E-state index contributed by atoms with van der Waals surface area (Å²) in [6.07, 6.45) is 0.462. The highest BCUT2D eigenvalue weighted by Crippen LogP contribution is 2.30. The smallest absolute Gasteiger partial charge is 0.412 e. The Bertz CT molecular complexity index is 545. The molecule has 122 valence electrons. The van der Waals surface area contributed by atoms with Gasteiger partial charge in [0, 0.05) is 22.7 Å². The van der Waals surface area contributed by atoms with Crippen molar-refractivity contribution >= 4 is 29.2 Å². The predicted octanol–water partition coefficient (Wildman–Crippen LogP) is 4.48. The van der Waals surface area contributed by atoms with Crippen molar-refractivity contribution in [2.45, 2.75) is 51.0 Å². The molecular weight excluding hydrogens is 303 g/mol. The van der Waals surface area contributed by atoms with E-state index in [1.165, 1.54) is 12.1 Å². The SMILES string of the molecule is CC1CC(Nc2cc(NC(=O)OC(C)(C)C)ccc2F)CS1. The maximum absolute atomic E-state index is 13.9. The van der Waals surface area contributed by atoms with Crippen LogP contribution >= 0.6 is 11.8 Å². The van der Waals surface area contributed by atoms with E-state index < -0.39 is 11.7 Å². The van der Waals surface area contributed by atoms with E-state index in [1.54, 1.807) is 26.8 Å². The fraction of sp³-hybridized carbons (Fsp3) is 0.562. The quantitative estimate of drug-likeness (QED) is 0.860. The molecule has 2 atom stereocenters. The Morgan fingerprint density at radius 2 is 2.14 bits per heavy atom. The van der Waals surface area contributed by atoms with E-state index in [4.69, 9.17) is 4.74 Å². The number of benzene rings is 1. The Kier molecular flexibility index (Phi) is 5.21. The third kappa shape index (κ3) is 5.09. The Morgan fingerprint density at radius 3 is 2.73 bits per heavy atom. The lowest BCUT2D eigenvalue weighted by molar-refractivity contribution is 0.0636. The van der Waals surface area contributed by atoms with Gasteiger partial charge in [0.05, 0.1) is 5.69 Å². The summed E-state index contributed by atoms with van der Waals surface area (Å²) in [6.45, 7) is 7.55. The standard InChI is InChI=1S/C16H23FN2O2S/c1-10-7-12(9-22-10)18-14-8-11(5-6-13(14)17)19-15(20)21-16(2,3)4/h5-6,8,10,12,18H,7,9H2,1-4H3,(H,19,20). The van der Waals surface area contributed by atoms with Crippen molar-refractivity contribution in [2.75, 3.05) is 16.4 Å². The highest BCUT2D eigenvalue weighted by molar-refractivity contribution is 8.00. The van der Waals surface area contributed by atoms with Crippen molar-refractivity contribution in [3.05, 3.63) is 24.0 Å². The lowest BCUT2D eigenvalue weighted by atomic mass is 10.1. The molecule has 22 heavy (non-hydrogen) atoms. The van der Waals surface area contributed by atoms with E-state index in [9.17, 15) is 9.18 Å². The first kappa shape index (κ1) is 16.9. The summed E-state index contributed by atoms with van der Waals surface area (Å²) in [5, 5.41) is 6.43. The summed E-state index contributed by atoms with van der Waals surface area (Å²) in [5.41, 5.74) is 0.354. The minimum Gasteiger partial charge on any atom is -0.444 e. The molecule has 2 unspecified atom stereocenters. The Balaban J connectivity index is 2.01. The first-order valence-electron chi connectivity index (χ1n) is 7.40. The minimum atomic E-state index is -0.567. The second-order valence-electron chi connectivity index (χ2n) is 6.54. The van der Waals surface area contributed by atoms with Gasteiger partial charge >= 0.3 is 6.09 Å². The number of rotatable bonds is 3. The van der Waals surface area contributed by atoms with E-state index in [2.05, 4.69) is 17.6 Å². The summed E-state index contributed by atoms with van der Waals surface area (Å²) >= 11 is 1.88. The number of halogens is 1. The van der Waals surface area contributed by atoms with Crippen LogP contribution in [0.25, 0.3) is 0 Å². The highest BCUT2D eigenvalue weighted by atomic mass is 32.2. The van der Waals surface area contributed by atoms with Crippen LogP contribution in [0.4, 0.5) is 20.6 Å². The number of carbonyl (C=O) groups excluding carboxylic acids is 1. The van der Waals surface area contributed by atoms with Gasteiger partial charge in [0.2, 0.25) is 0 Å². The minimum absolute atomic E-state index is 0.256. The number of carbonyl (C=O) groups is 1. The average Bonchev–Trinajstić information content (AvgIpc) is 2.76. The topological polar surface area (TPSA) is 50.4 Å². The monoisotopic (exact) mass is 326 g/mol. The van der Waals surface area contributed by atoms with Crippen LogP contribution in [-0.4, -0.2) is 28.7 Å². The van der Waals surface area contributed by atoms with E-state index in [1.807, 2.05) is 11.8 Å². The van der Waals surface area contributed by atoms with E-state index in [0.717, 1.165) is 12.2 Å². The van der Waals surface area contributed by atoms with Crippen LogP contribution in [0.3, 0.4) is 0 Å². The maximum Gasteiger partial charge on any atom is 0.412 e. The molecule has 0 aliphatic carbocycles. The predicted molar refractivity (Wildman–Crippen MR) is 90.2 cm³/mol. The third-order valence-corrected chi connectivity index (χ3v) is 4.53. The molecule has 1 aromatic carbocycles. The van der Waals surface area contributed by atoms with E-state index >= 15 is 0 Å². The number of thioether (sulfide) groups is 1. The van der Waals surface area contributed by atoms with Gasteiger partial charge in [-0.1, -0.05) is 6.92 Å². The molecule has 1 saturated heterocycles. The van der Waals surface area contributed by atoms with Gasteiger partial charge in [-0.3, -0.25) is 5.32 Å². The number of hydrogen-bond donors (Lipinski definition) is 2. The van der Waals surface area contributed by atoms with Gasteiger partial charge < -0.3 is 10.1 Å². The van der Waals surface area contributed by atoms with Gasteiger partial charge in [0.15, 0.2) is 0 Å². The number of amides is 1. The van der Waals surface area contributed by atoms with Crippen molar-refractivity contribution in [3.8, 4) is 0 Å². The number of ether oxygens (including phenoxy) is 1. The molecule has 1 heterocycles. The van der Waals surface area contributed by atoms with Crippen molar-refractivity contribution < 1.29 is 13.9 Å². The first-order chi connectivity index (χ1) is 10.2. The zero-order chi connectivity index (χ0) is 16.3. The second-order valence-corrected chi connectivity index (χ2v) is 8.01. The zero-order valence-corrected chi connectivity index (χ0v) is 14.2. The molecule has 0 aromatic heterocycles. The van der Waals surface area contributed by atoms with Gasteiger partial charge in [-0.05, 0) is 45.4 Å². The fourth-order valence-electron chi connectivity index (χ4n) is 2.27. The molecular formula is C16H23FN2O2S. The molecule has 4 nitrogen and oxygen atoms in total. The van der Waals surface area contributed by atoms with Crippen molar-refractivity contribution in [1.82, 2.24) is 0 Å². The van der Waals surface area contributed by atoms with Crippen LogP contribution in [0.2, 0.25) is 0 Å². The molecule has 1 fully saturated rings. The Hall–Kier alpha value is -1.43.